The highest BCUT2D eigenvalue weighted by Gasteiger charge is 2.10. The van der Waals surface area contributed by atoms with Crippen LogP contribution in [-0.4, -0.2) is 30.2 Å². The van der Waals surface area contributed by atoms with Gasteiger partial charge in [0, 0.05) is 17.4 Å². The molecule has 0 aliphatic heterocycles. The molecule has 1 aromatic carbocycles. The second-order valence-electron chi connectivity index (χ2n) is 4.07. The minimum atomic E-state index is -0.496. The van der Waals surface area contributed by atoms with E-state index in [-0.39, 0.29) is 5.69 Å². The lowest BCUT2D eigenvalue weighted by molar-refractivity contribution is 0.0594. The Bertz CT molecular complexity index is 629. The van der Waals surface area contributed by atoms with Gasteiger partial charge in [-0.1, -0.05) is 6.07 Å². The van der Waals surface area contributed by atoms with E-state index in [2.05, 4.69) is 20.0 Å². The largest absolute Gasteiger partial charge is 0.497 e. The number of rotatable bonds is 4. The first-order valence-electron chi connectivity index (χ1n) is 5.97. The lowest BCUT2D eigenvalue weighted by Gasteiger charge is -2.08. The third-order valence-corrected chi connectivity index (χ3v) is 2.57. The van der Waals surface area contributed by atoms with Crippen molar-refractivity contribution in [3.8, 4) is 5.75 Å². The van der Waals surface area contributed by atoms with Crippen LogP contribution in [0.4, 0.5) is 11.6 Å². The van der Waals surface area contributed by atoms with Gasteiger partial charge in [0.15, 0.2) is 5.69 Å². The van der Waals surface area contributed by atoms with Crippen molar-refractivity contribution in [2.24, 2.45) is 0 Å². The predicted octanol–water partition coefficient (Wildman–Crippen LogP) is 2.32. The van der Waals surface area contributed by atoms with Crippen molar-refractivity contribution >= 4 is 17.6 Å². The van der Waals surface area contributed by atoms with Gasteiger partial charge in [-0.25, -0.2) is 14.8 Å². The molecular weight excluding hydrogens is 258 g/mol. The number of benzene rings is 1. The molecule has 104 valence electrons. The Morgan fingerprint density at radius 3 is 2.70 bits per heavy atom. The van der Waals surface area contributed by atoms with Gasteiger partial charge in [-0.15, -0.1) is 0 Å². The van der Waals surface area contributed by atoms with E-state index in [1.165, 1.54) is 7.11 Å². The molecule has 0 amide bonds. The van der Waals surface area contributed by atoms with Gasteiger partial charge in [0.05, 0.1) is 14.2 Å². The number of hydrogen-bond acceptors (Lipinski definition) is 6. The number of carbonyl (C=O) groups excluding carboxylic acids is 1. The number of methoxy groups -OCH3 is 2. The first-order valence-corrected chi connectivity index (χ1v) is 5.97. The molecule has 2 aromatic rings. The fourth-order valence-electron chi connectivity index (χ4n) is 1.66. The molecule has 0 saturated heterocycles. The zero-order valence-corrected chi connectivity index (χ0v) is 11.5. The molecule has 0 aliphatic carbocycles. The van der Waals surface area contributed by atoms with Crippen molar-refractivity contribution in [3.63, 3.8) is 0 Å². The van der Waals surface area contributed by atoms with Crippen LogP contribution < -0.4 is 10.1 Å². The number of nitrogens with one attached hydrogen (secondary N) is 1. The second-order valence-corrected chi connectivity index (χ2v) is 4.07. The van der Waals surface area contributed by atoms with E-state index in [9.17, 15) is 4.79 Å². The van der Waals surface area contributed by atoms with Crippen LogP contribution in [0.3, 0.4) is 0 Å². The van der Waals surface area contributed by atoms with E-state index in [0.29, 0.717) is 11.6 Å². The second kappa shape index (κ2) is 6.01. The summed E-state index contributed by atoms with van der Waals surface area (Å²) in [5.41, 5.74) is 1.65. The van der Waals surface area contributed by atoms with E-state index >= 15 is 0 Å². The molecule has 0 spiro atoms. The van der Waals surface area contributed by atoms with Crippen LogP contribution in [-0.2, 0) is 4.74 Å². The highest BCUT2D eigenvalue weighted by molar-refractivity contribution is 5.87. The third-order valence-electron chi connectivity index (χ3n) is 2.57. The lowest BCUT2D eigenvalue weighted by Crippen LogP contribution is -2.08. The van der Waals surface area contributed by atoms with Gasteiger partial charge >= 0.3 is 5.97 Å². The Morgan fingerprint density at radius 2 is 2.00 bits per heavy atom. The smallest absolute Gasteiger partial charge is 0.356 e. The van der Waals surface area contributed by atoms with E-state index in [1.807, 2.05) is 24.3 Å². The Kier molecular flexibility index (Phi) is 4.14. The molecule has 0 unspecified atom stereocenters. The number of aromatic nitrogens is 2. The summed E-state index contributed by atoms with van der Waals surface area (Å²) in [7, 11) is 2.91. The summed E-state index contributed by atoms with van der Waals surface area (Å²) < 4.78 is 9.80. The lowest BCUT2D eigenvalue weighted by atomic mass is 10.3. The molecule has 0 fully saturated rings. The maximum atomic E-state index is 11.5. The summed E-state index contributed by atoms with van der Waals surface area (Å²) in [6.45, 7) is 1.78. The quantitative estimate of drug-likeness (QED) is 0.862. The van der Waals surface area contributed by atoms with Gasteiger partial charge in [-0.05, 0) is 25.1 Å². The molecule has 1 heterocycles. The first-order chi connectivity index (χ1) is 9.62. The van der Waals surface area contributed by atoms with Crippen LogP contribution in [0.25, 0.3) is 0 Å². The van der Waals surface area contributed by atoms with E-state index < -0.39 is 5.97 Å². The van der Waals surface area contributed by atoms with Gasteiger partial charge in [0.25, 0.3) is 0 Å². The molecule has 1 N–H and O–H groups in total. The zero-order chi connectivity index (χ0) is 14.5. The predicted molar refractivity (Wildman–Crippen MR) is 74.4 cm³/mol. The van der Waals surface area contributed by atoms with Crippen molar-refractivity contribution in [1.29, 1.82) is 0 Å². The molecule has 2 rings (SSSR count). The molecule has 6 heteroatoms. The minimum absolute atomic E-state index is 0.213. The highest BCUT2D eigenvalue weighted by atomic mass is 16.5. The molecule has 1 aromatic heterocycles. The number of nitrogens with zero attached hydrogens (tertiary/aromatic N) is 2. The average molecular weight is 273 g/mol. The molecule has 0 saturated carbocycles. The van der Waals surface area contributed by atoms with Gasteiger partial charge in [-0.2, -0.15) is 0 Å². The van der Waals surface area contributed by atoms with Crippen LogP contribution >= 0.6 is 0 Å². The van der Waals surface area contributed by atoms with Gasteiger partial charge in [-0.3, -0.25) is 0 Å². The number of hydrogen-bond donors (Lipinski definition) is 1. The maximum absolute atomic E-state index is 11.5. The molecular formula is C14H15N3O3. The number of anilines is 2. The van der Waals surface area contributed by atoms with E-state index in [0.717, 1.165) is 11.4 Å². The fourth-order valence-corrected chi connectivity index (χ4v) is 1.66. The summed E-state index contributed by atoms with van der Waals surface area (Å²) in [4.78, 5) is 19.9. The molecule has 20 heavy (non-hydrogen) atoms. The minimum Gasteiger partial charge on any atom is -0.497 e. The number of aryl methyl sites for hydroxylation is 1. The summed E-state index contributed by atoms with van der Waals surface area (Å²) >= 11 is 0. The van der Waals surface area contributed by atoms with Gasteiger partial charge < -0.3 is 14.8 Å². The third kappa shape index (κ3) is 3.23. The highest BCUT2D eigenvalue weighted by Crippen LogP contribution is 2.19. The standard InChI is InChI=1S/C14H15N3O3/c1-9-7-12(13(18)20-3)17-14(15-9)16-10-5-4-6-11(8-10)19-2/h4-8H,1-3H3,(H,15,16,17). The summed E-state index contributed by atoms with van der Waals surface area (Å²) in [5, 5.41) is 3.03. The van der Waals surface area contributed by atoms with E-state index in [4.69, 9.17) is 4.74 Å². The van der Waals surface area contributed by atoms with Crippen molar-refractivity contribution < 1.29 is 14.3 Å². The normalized spacial score (nSPS) is 9.95. The molecule has 0 bridgehead atoms. The SMILES string of the molecule is COC(=O)c1cc(C)nc(Nc2cccc(OC)c2)n1. The molecule has 0 atom stereocenters. The first kappa shape index (κ1) is 13.8. The topological polar surface area (TPSA) is 73.3 Å². The number of carbonyl (C=O) groups is 1. The van der Waals surface area contributed by atoms with Crippen LogP contribution in [0.15, 0.2) is 30.3 Å². The number of ether oxygens (including phenoxy) is 2. The summed E-state index contributed by atoms with van der Waals surface area (Å²) in [5.74, 6) is 0.554. The van der Waals surface area contributed by atoms with Gasteiger partial charge in [0.1, 0.15) is 5.75 Å². The van der Waals surface area contributed by atoms with Gasteiger partial charge in [0.2, 0.25) is 5.95 Å². The molecule has 0 radical (unpaired) electrons. The van der Waals surface area contributed by atoms with Crippen molar-refractivity contribution in [2.45, 2.75) is 6.92 Å². The van der Waals surface area contributed by atoms with Crippen LogP contribution in [0.2, 0.25) is 0 Å². The summed E-state index contributed by atoms with van der Waals surface area (Å²) in [6, 6.07) is 8.92. The van der Waals surface area contributed by atoms with Crippen LogP contribution in [0.5, 0.6) is 5.75 Å². The Morgan fingerprint density at radius 1 is 1.20 bits per heavy atom. The maximum Gasteiger partial charge on any atom is 0.356 e. The van der Waals surface area contributed by atoms with Crippen LogP contribution in [0.1, 0.15) is 16.2 Å². The zero-order valence-electron chi connectivity index (χ0n) is 11.5. The Labute approximate surface area is 116 Å². The average Bonchev–Trinajstić information content (AvgIpc) is 2.46. The van der Waals surface area contributed by atoms with Crippen molar-refractivity contribution in [2.75, 3.05) is 19.5 Å². The van der Waals surface area contributed by atoms with Crippen molar-refractivity contribution in [3.05, 3.63) is 41.7 Å². The Balaban J connectivity index is 2.28. The van der Waals surface area contributed by atoms with E-state index in [1.54, 1.807) is 20.1 Å². The Hall–Kier alpha value is -2.63. The molecule has 6 nitrogen and oxygen atoms in total. The fraction of sp³-hybridized carbons (Fsp3) is 0.214. The molecule has 0 aliphatic rings. The van der Waals surface area contributed by atoms with Crippen LogP contribution in [0, 0.1) is 6.92 Å². The van der Waals surface area contributed by atoms with Crippen molar-refractivity contribution in [1.82, 2.24) is 9.97 Å². The number of esters is 1. The summed E-state index contributed by atoms with van der Waals surface area (Å²) in [6.07, 6.45) is 0. The monoisotopic (exact) mass is 273 g/mol.